The third-order valence-corrected chi connectivity index (χ3v) is 4.75. The summed E-state index contributed by atoms with van der Waals surface area (Å²) in [6.07, 6.45) is 0. The van der Waals surface area contributed by atoms with Gasteiger partial charge in [-0.3, -0.25) is 0 Å². The molecule has 0 aliphatic rings. The van der Waals surface area contributed by atoms with Gasteiger partial charge in [0.2, 0.25) is 0 Å². The Morgan fingerprint density at radius 2 is 1.63 bits per heavy atom. The first kappa shape index (κ1) is 19.4. The lowest BCUT2D eigenvalue weighted by Gasteiger charge is -2.12. The number of fused-ring (bicyclic) bond motifs is 1. The minimum Gasteiger partial charge on any atom is -0.493 e. The lowest BCUT2D eigenvalue weighted by Crippen LogP contribution is -2.05. The van der Waals surface area contributed by atoms with Crippen LogP contribution < -0.4 is 19.6 Å². The average molecular weight is 403 g/mol. The molecule has 152 valence electrons. The van der Waals surface area contributed by atoms with E-state index in [1.165, 1.54) is 0 Å². The Kier molecular flexibility index (Phi) is 5.57. The molecule has 0 amide bonds. The zero-order valence-electron chi connectivity index (χ0n) is 16.7. The fraction of sp³-hybridized carbons (Fsp3) is 0.125. The standard InChI is InChI=1S/C24H21NO5/c1-27-20-12-11-17(13-23(20)28-2)22-14-19(25-26)18-9-6-10-21(24(18)30-22)29-15-16-7-4-3-5-8-16/h3-14,26H,15H2,1-2H3/b25-19+. The van der Waals surface area contributed by atoms with Gasteiger partial charge in [0.25, 0.3) is 0 Å². The molecule has 0 atom stereocenters. The number of ether oxygens (including phenoxy) is 3. The molecule has 1 heterocycles. The third-order valence-electron chi connectivity index (χ3n) is 4.75. The lowest BCUT2D eigenvalue weighted by molar-refractivity contribution is 0.300. The monoisotopic (exact) mass is 403 g/mol. The van der Waals surface area contributed by atoms with Crippen LogP contribution in [0, 0.1) is 0 Å². The van der Waals surface area contributed by atoms with Crippen LogP contribution in [-0.2, 0) is 6.61 Å². The smallest absolute Gasteiger partial charge is 0.178 e. The van der Waals surface area contributed by atoms with Crippen molar-refractivity contribution in [3.8, 4) is 28.6 Å². The van der Waals surface area contributed by atoms with E-state index in [-0.39, 0.29) is 0 Å². The van der Waals surface area contributed by atoms with Crippen molar-refractivity contribution in [2.45, 2.75) is 6.61 Å². The molecule has 0 aliphatic carbocycles. The maximum Gasteiger partial charge on any atom is 0.178 e. The molecule has 6 heteroatoms. The summed E-state index contributed by atoms with van der Waals surface area (Å²) in [6, 6.07) is 22.5. The van der Waals surface area contributed by atoms with E-state index in [1.807, 2.05) is 54.6 Å². The summed E-state index contributed by atoms with van der Waals surface area (Å²) < 4.78 is 22.9. The minimum absolute atomic E-state index is 0.381. The van der Waals surface area contributed by atoms with Gasteiger partial charge in [-0.25, -0.2) is 0 Å². The number of nitrogens with zero attached hydrogens (tertiary/aromatic N) is 1. The second kappa shape index (κ2) is 8.61. The highest BCUT2D eigenvalue weighted by Gasteiger charge is 2.13. The van der Waals surface area contributed by atoms with Crippen LogP contribution in [0.4, 0.5) is 0 Å². The second-order valence-electron chi connectivity index (χ2n) is 6.57. The van der Waals surface area contributed by atoms with Crippen LogP contribution in [0.1, 0.15) is 5.56 Å². The molecule has 4 rings (SSSR count). The lowest BCUT2D eigenvalue weighted by atomic mass is 10.1. The number of benzene rings is 3. The quantitative estimate of drug-likeness (QED) is 0.363. The normalized spacial score (nSPS) is 11.5. The summed E-state index contributed by atoms with van der Waals surface area (Å²) >= 11 is 0. The summed E-state index contributed by atoms with van der Waals surface area (Å²) in [5.41, 5.74) is 2.28. The molecule has 0 fully saturated rings. The van der Waals surface area contributed by atoms with Crippen molar-refractivity contribution in [1.82, 2.24) is 0 Å². The van der Waals surface area contributed by atoms with E-state index < -0.39 is 0 Å². The summed E-state index contributed by atoms with van der Waals surface area (Å²) in [5, 5.41) is 14.1. The Hall–Kier alpha value is -3.93. The molecule has 0 spiro atoms. The predicted octanol–water partition coefficient (Wildman–Crippen LogP) is 4.99. The number of para-hydroxylation sites is 1. The average Bonchev–Trinajstić information content (AvgIpc) is 2.82. The van der Waals surface area contributed by atoms with E-state index >= 15 is 0 Å². The summed E-state index contributed by atoms with van der Waals surface area (Å²) in [7, 11) is 3.15. The van der Waals surface area contributed by atoms with Gasteiger partial charge in [-0.1, -0.05) is 41.6 Å². The molecule has 0 aliphatic heterocycles. The molecule has 0 saturated heterocycles. The van der Waals surface area contributed by atoms with E-state index in [0.29, 0.717) is 45.9 Å². The van der Waals surface area contributed by atoms with Gasteiger partial charge >= 0.3 is 0 Å². The van der Waals surface area contributed by atoms with Crippen molar-refractivity contribution in [3.63, 3.8) is 0 Å². The Bertz CT molecular complexity index is 1230. The highest BCUT2D eigenvalue weighted by atomic mass is 16.5. The number of hydrogen-bond acceptors (Lipinski definition) is 6. The first-order valence-electron chi connectivity index (χ1n) is 9.37. The zero-order valence-corrected chi connectivity index (χ0v) is 16.7. The van der Waals surface area contributed by atoms with Crippen LogP contribution in [-0.4, -0.2) is 19.4 Å². The molecule has 0 saturated carbocycles. The molecule has 3 aromatic carbocycles. The Morgan fingerprint density at radius 3 is 2.37 bits per heavy atom. The van der Waals surface area contributed by atoms with Gasteiger partial charge in [0, 0.05) is 11.6 Å². The highest BCUT2D eigenvalue weighted by molar-refractivity contribution is 5.84. The van der Waals surface area contributed by atoms with Crippen LogP contribution in [0.2, 0.25) is 0 Å². The molecule has 0 unspecified atom stereocenters. The summed E-state index contributed by atoms with van der Waals surface area (Å²) in [4.78, 5) is 0. The second-order valence-corrected chi connectivity index (χ2v) is 6.57. The number of methoxy groups -OCH3 is 2. The maximum atomic E-state index is 9.59. The van der Waals surface area contributed by atoms with Crippen molar-refractivity contribution in [1.29, 1.82) is 0 Å². The molecule has 6 nitrogen and oxygen atoms in total. The van der Waals surface area contributed by atoms with Gasteiger partial charge in [-0.05, 0) is 35.9 Å². The van der Waals surface area contributed by atoms with Crippen molar-refractivity contribution in [2.24, 2.45) is 5.16 Å². The predicted molar refractivity (Wildman–Crippen MR) is 113 cm³/mol. The van der Waals surface area contributed by atoms with E-state index in [2.05, 4.69) is 5.16 Å². The Morgan fingerprint density at radius 1 is 0.833 bits per heavy atom. The zero-order chi connectivity index (χ0) is 20.9. The summed E-state index contributed by atoms with van der Waals surface area (Å²) in [5.74, 6) is 2.25. The first-order valence-corrected chi connectivity index (χ1v) is 9.37. The SMILES string of the molecule is COc1ccc(-c2c/c(=N\O)c3cccc(OCc4ccccc4)c3o2)cc1OC. The molecule has 1 N–H and O–H groups in total. The van der Waals surface area contributed by atoms with Crippen LogP contribution >= 0.6 is 0 Å². The van der Waals surface area contributed by atoms with Crippen LogP contribution in [0.25, 0.3) is 22.3 Å². The molecular formula is C24H21NO5. The fourth-order valence-corrected chi connectivity index (χ4v) is 3.23. The fourth-order valence-electron chi connectivity index (χ4n) is 3.23. The van der Waals surface area contributed by atoms with Crippen molar-refractivity contribution in [3.05, 3.63) is 83.7 Å². The summed E-state index contributed by atoms with van der Waals surface area (Å²) in [6.45, 7) is 0.391. The van der Waals surface area contributed by atoms with Gasteiger partial charge in [-0.15, -0.1) is 0 Å². The van der Waals surface area contributed by atoms with Crippen molar-refractivity contribution in [2.75, 3.05) is 14.2 Å². The van der Waals surface area contributed by atoms with Crippen LogP contribution in [0.3, 0.4) is 0 Å². The molecule has 0 radical (unpaired) electrons. The highest BCUT2D eigenvalue weighted by Crippen LogP contribution is 2.34. The molecule has 1 aromatic heterocycles. The topological polar surface area (TPSA) is 73.4 Å². The van der Waals surface area contributed by atoms with E-state index in [4.69, 9.17) is 18.6 Å². The van der Waals surface area contributed by atoms with Crippen molar-refractivity contribution < 1.29 is 23.8 Å². The molecule has 0 bridgehead atoms. The Balaban J connectivity index is 1.81. The van der Waals surface area contributed by atoms with E-state index in [1.54, 1.807) is 32.4 Å². The molecular weight excluding hydrogens is 382 g/mol. The number of rotatable bonds is 6. The number of hydrogen-bond donors (Lipinski definition) is 1. The van der Waals surface area contributed by atoms with Crippen molar-refractivity contribution >= 4 is 11.0 Å². The van der Waals surface area contributed by atoms with E-state index in [0.717, 1.165) is 11.1 Å². The van der Waals surface area contributed by atoms with Crippen LogP contribution in [0.15, 0.2) is 82.4 Å². The van der Waals surface area contributed by atoms with Gasteiger partial charge in [0.05, 0.1) is 19.6 Å². The molecule has 4 aromatic rings. The van der Waals surface area contributed by atoms with Gasteiger partial charge in [0.15, 0.2) is 22.8 Å². The van der Waals surface area contributed by atoms with Gasteiger partial charge in [0.1, 0.15) is 17.7 Å². The van der Waals surface area contributed by atoms with Gasteiger partial charge < -0.3 is 23.8 Å². The largest absolute Gasteiger partial charge is 0.493 e. The minimum atomic E-state index is 0.381. The Labute approximate surface area is 173 Å². The maximum absolute atomic E-state index is 9.59. The van der Waals surface area contributed by atoms with E-state index in [9.17, 15) is 5.21 Å². The van der Waals surface area contributed by atoms with Crippen LogP contribution in [0.5, 0.6) is 17.2 Å². The van der Waals surface area contributed by atoms with Gasteiger partial charge in [-0.2, -0.15) is 0 Å². The third kappa shape index (κ3) is 3.80. The first-order chi connectivity index (χ1) is 14.7. The molecule has 30 heavy (non-hydrogen) atoms.